The molecule has 0 aromatic rings. The molecular weight excluding hydrogens is 733 g/mol. The van der Waals surface area contributed by atoms with Gasteiger partial charge in [0.05, 0.1) is 0 Å². The molecule has 0 aromatic carbocycles. The number of hydrogen-bond donors (Lipinski definition) is 0. The third kappa shape index (κ3) is 44.3. The summed E-state index contributed by atoms with van der Waals surface area (Å²) in [6, 6.07) is 0. The molecule has 0 bridgehead atoms. The number of hydrogen-bond acceptors (Lipinski definition) is 6. The van der Waals surface area contributed by atoms with Crippen LogP contribution in [0, 0.1) is 17.8 Å². The van der Waals surface area contributed by atoms with Gasteiger partial charge < -0.3 is 14.2 Å². The number of carbonyl (C=O) groups excluding carboxylic acids is 3. The van der Waals surface area contributed by atoms with Crippen molar-refractivity contribution in [2.24, 2.45) is 17.8 Å². The van der Waals surface area contributed by atoms with Crippen molar-refractivity contribution in [1.82, 2.24) is 0 Å². The highest BCUT2D eigenvalue weighted by Gasteiger charge is 2.19. The second-order valence-electron chi connectivity index (χ2n) is 19.1. The fourth-order valence-electron chi connectivity index (χ4n) is 7.87. The maximum absolute atomic E-state index is 12.7. The Balaban J connectivity index is 4.24. The first-order valence-electron chi connectivity index (χ1n) is 26.2. The fraction of sp³-hybridized carbons (Fsp3) is 0.943. The predicted molar refractivity (Wildman–Crippen MR) is 252 cm³/mol. The van der Waals surface area contributed by atoms with E-state index in [4.69, 9.17) is 14.2 Å². The van der Waals surface area contributed by atoms with Gasteiger partial charge >= 0.3 is 17.9 Å². The highest BCUT2D eigenvalue weighted by Crippen LogP contribution is 2.18. The highest BCUT2D eigenvalue weighted by molar-refractivity contribution is 5.71. The predicted octanol–water partition coefficient (Wildman–Crippen LogP) is 16.8. The van der Waals surface area contributed by atoms with E-state index in [1.54, 1.807) is 0 Å². The van der Waals surface area contributed by atoms with Crippen LogP contribution in [-0.4, -0.2) is 37.2 Å². The molecule has 0 aliphatic carbocycles. The normalized spacial score (nSPS) is 13.1. The lowest BCUT2D eigenvalue weighted by Gasteiger charge is -2.18. The third-order valence-corrected chi connectivity index (χ3v) is 12.6. The van der Waals surface area contributed by atoms with Gasteiger partial charge in [0.15, 0.2) is 6.10 Å². The minimum absolute atomic E-state index is 0.0656. The molecule has 350 valence electrons. The highest BCUT2D eigenvalue weighted by atomic mass is 16.6. The first-order chi connectivity index (χ1) is 28.7. The van der Waals surface area contributed by atoms with Crippen molar-refractivity contribution in [1.29, 1.82) is 0 Å². The zero-order chi connectivity index (χ0) is 43.4. The van der Waals surface area contributed by atoms with Crippen LogP contribution in [0.25, 0.3) is 0 Å². The van der Waals surface area contributed by atoms with Crippen LogP contribution in [0.15, 0.2) is 0 Å². The molecule has 0 spiro atoms. The lowest BCUT2D eigenvalue weighted by atomic mass is 9.99. The molecule has 3 atom stereocenters. The lowest BCUT2D eigenvalue weighted by molar-refractivity contribution is -0.167. The Morgan fingerprint density at radius 3 is 0.881 bits per heavy atom. The fourth-order valence-corrected chi connectivity index (χ4v) is 7.87. The van der Waals surface area contributed by atoms with E-state index in [0.29, 0.717) is 19.3 Å². The van der Waals surface area contributed by atoms with Crippen LogP contribution in [0.3, 0.4) is 0 Å². The summed E-state index contributed by atoms with van der Waals surface area (Å²) in [4.78, 5) is 37.9. The summed E-state index contributed by atoms with van der Waals surface area (Å²) in [5, 5.41) is 0. The van der Waals surface area contributed by atoms with Gasteiger partial charge in [-0.15, -0.1) is 0 Å². The molecule has 6 heteroatoms. The number of esters is 3. The van der Waals surface area contributed by atoms with E-state index in [9.17, 15) is 14.4 Å². The monoisotopic (exact) mass is 835 g/mol. The van der Waals surface area contributed by atoms with Gasteiger partial charge in [0.25, 0.3) is 0 Å². The first kappa shape index (κ1) is 57.4. The summed E-state index contributed by atoms with van der Waals surface area (Å²) >= 11 is 0. The van der Waals surface area contributed by atoms with Crippen molar-refractivity contribution in [2.45, 2.75) is 292 Å². The van der Waals surface area contributed by atoms with Gasteiger partial charge in [-0.2, -0.15) is 0 Å². The summed E-state index contributed by atoms with van der Waals surface area (Å²) in [6.45, 7) is 13.7. The number of rotatable bonds is 46. The van der Waals surface area contributed by atoms with Crippen LogP contribution in [0.4, 0.5) is 0 Å². The summed E-state index contributed by atoms with van der Waals surface area (Å²) in [7, 11) is 0. The van der Waals surface area contributed by atoms with Gasteiger partial charge in [-0.25, -0.2) is 0 Å². The molecule has 0 saturated carbocycles. The van der Waals surface area contributed by atoms with Crippen LogP contribution >= 0.6 is 0 Å². The molecule has 0 rings (SSSR count). The lowest BCUT2D eigenvalue weighted by Crippen LogP contribution is -2.30. The maximum atomic E-state index is 12.7. The van der Waals surface area contributed by atoms with Crippen LogP contribution in [0.2, 0.25) is 0 Å². The largest absolute Gasteiger partial charge is 0.462 e. The van der Waals surface area contributed by atoms with E-state index in [2.05, 4.69) is 41.5 Å². The maximum Gasteiger partial charge on any atom is 0.306 e. The molecular formula is C53H102O6. The summed E-state index contributed by atoms with van der Waals surface area (Å²) < 4.78 is 16.8. The molecule has 0 N–H and O–H groups in total. The van der Waals surface area contributed by atoms with Crippen LogP contribution in [0.5, 0.6) is 0 Å². The Kier molecular flexibility index (Phi) is 43.3. The quantitative estimate of drug-likeness (QED) is 0.0345. The van der Waals surface area contributed by atoms with Crippen LogP contribution in [0.1, 0.15) is 286 Å². The van der Waals surface area contributed by atoms with Crippen LogP contribution in [-0.2, 0) is 28.6 Å². The number of unbranched alkanes of at least 4 members (excludes halogenated alkanes) is 27. The Hall–Kier alpha value is -1.59. The van der Waals surface area contributed by atoms with Crippen molar-refractivity contribution in [3.05, 3.63) is 0 Å². The second-order valence-corrected chi connectivity index (χ2v) is 19.1. The van der Waals surface area contributed by atoms with E-state index < -0.39 is 6.10 Å². The summed E-state index contributed by atoms with van der Waals surface area (Å²) in [6.07, 6.45) is 43.8. The van der Waals surface area contributed by atoms with Gasteiger partial charge in [-0.05, 0) is 37.0 Å². The molecule has 6 nitrogen and oxygen atoms in total. The zero-order valence-corrected chi connectivity index (χ0v) is 40.5. The van der Waals surface area contributed by atoms with Gasteiger partial charge in [-0.3, -0.25) is 14.4 Å². The van der Waals surface area contributed by atoms with Crippen molar-refractivity contribution in [2.75, 3.05) is 13.2 Å². The van der Waals surface area contributed by atoms with E-state index >= 15 is 0 Å². The Morgan fingerprint density at radius 1 is 0.339 bits per heavy atom. The average Bonchev–Trinajstić information content (AvgIpc) is 3.22. The number of ether oxygens (including phenoxy) is 3. The van der Waals surface area contributed by atoms with E-state index in [0.717, 1.165) is 75.5 Å². The van der Waals surface area contributed by atoms with Crippen molar-refractivity contribution in [3.63, 3.8) is 0 Å². The molecule has 0 amide bonds. The average molecular weight is 835 g/mol. The molecule has 59 heavy (non-hydrogen) atoms. The van der Waals surface area contributed by atoms with Crippen molar-refractivity contribution >= 4 is 17.9 Å². The standard InChI is InChI=1S/C53H102O6/c1-7-48(5)40-34-28-22-19-20-24-31-37-43-52(55)58-46-50(59-53(56)44-38-32-26-25-29-35-41-49(6)8-2)45-57-51(54)42-36-30-23-18-16-14-12-10-9-11-13-15-17-21-27-33-39-47(3)4/h47-50H,7-46H2,1-6H3/t48?,49?,50-/m0/s1. The minimum atomic E-state index is -0.763. The SMILES string of the molecule is CCC(C)CCCCCCCCCCC(=O)OC[C@H](COC(=O)CCCCCCCCCCCCCCCCCCC(C)C)OC(=O)CCCCCCCCC(C)CC. The second kappa shape index (κ2) is 44.5. The van der Waals surface area contributed by atoms with Crippen molar-refractivity contribution in [3.8, 4) is 0 Å². The van der Waals surface area contributed by atoms with Crippen molar-refractivity contribution < 1.29 is 28.6 Å². The molecule has 0 saturated heterocycles. The van der Waals surface area contributed by atoms with E-state index in [1.165, 1.54) is 167 Å². The molecule has 0 fully saturated rings. The molecule has 0 aliphatic rings. The van der Waals surface area contributed by atoms with Gasteiger partial charge in [0, 0.05) is 19.3 Å². The summed E-state index contributed by atoms with van der Waals surface area (Å²) in [5.41, 5.74) is 0. The third-order valence-electron chi connectivity index (χ3n) is 12.6. The van der Waals surface area contributed by atoms with Gasteiger partial charge in [-0.1, -0.05) is 247 Å². The first-order valence-corrected chi connectivity index (χ1v) is 26.2. The zero-order valence-electron chi connectivity index (χ0n) is 40.5. The smallest absolute Gasteiger partial charge is 0.306 e. The minimum Gasteiger partial charge on any atom is -0.462 e. The number of carbonyl (C=O) groups is 3. The topological polar surface area (TPSA) is 78.9 Å². The van der Waals surface area contributed by atoms with Gasteiger partial charge in [0.1, 0.15) is 13.2 Å². The molecule has 0 heterocycles. The van der Waals surface area contributed by atoms with Gasteiger partial charge in [0.2, 0.25) is 0 Å². The molecule has 0 radical (unpaired) electrons. The molecule has 0 aromatic heterocycles. The van der Waals surface area contributed by atoms with E-state index in [-0.39, 0.29) is 31.1 Å². The summed E-state index contributed by atoms with van der Waals surface area (Å²) in [5.74, 6) is 1.65. The molecule has 2 unspecified atom stereocenters. The Morgan fingerprint density at radius 2 is 0.593 bits per heavy atom. The van der Waals surface area contributed by atoms with Crippen LogP contribution < -0.4 is 0 Å². The Labute approximate surface area is 368 Å². The Bertz CT molecular complexity index is 918. The van der Waals surface area contributed by atoms with E-state index in [1.807, 2.05) is 0 Å². The molecule has 0 aliphatic heterocycles.